The van der Waals surface area contributed by atoms with Crippen molar-refractivity contribution in [2.45, 2.75) is 106 Å². The number of nitrogens with zero attached hydrogens (tertiary/aromatic N) is 2. The lowest BCUT2D eigenvalue weighted by Crippen LogP contribution is -3.00. The van der Waals surface area contributed by atoms with Crippen LogP contribution in [0.15, 0.2) is 42.7 Å². The van der Waals surface area contributed by atoms with Crippen molar-refractivity contribution in [2.75, 3.05) is 26.0 Å². The Balaban J connectivity index is 0.00000645. The van der Waals surface area contributed by atoms with Gasteiger partial charge in [0.2, 0.25) is 0 Å². The first-order valence-electron chi connectivity index (χ1n) is 15.8. The first-order valence-corrected chi connectivity index (χ1v) is 17.5. The predicted octanol–water partition coefficient (Wildman–Crippen LogP) is 6.60. The highest BCUT2D eigenvalue weighted by Gasteiger charge is 2.32. The monoisotopic (exact) mass is 724 g/mol. The van der Waals surface area contributed by atoms with Gasteiger partial charge in [-0.15, -0.1) is 0 Å². The third-order valence-electron chi connectivity index (χ3n) is 7.75. The zero-order valence-corrected chi connectivity index (χ0v) is 31.3. The predicted molar refractivity (Wildman–Crippen MR) is 174 cm³/mol. The highest BCUT2D eigenvalue weighted by Crippen LogP contribution is 2.48. The molecule has 0 saturated heterocycles. The van der Waals surface area contributed by atoms with Crippen LogP contribution in [0, 0.1) is 6.92 Å². The molecule has 0 radical (unpaired) electrons. The normalized spacial score (nSPS) is 12.1. The van der Waals surface area contributed by atoms with E-state index < -0.39 is 7.60 Å². The molecule has 0 amide bonds. The van der Waals surface area contributed by atoms with Gasteiger partial charge in [-0.3, -0.25) is 4.57 Å². The standard InChI is InChI=1S/C35H54N2O4P.HI/c1-12-40-42(38,41-13-2)22-16-21-39-35-28(11)36(33-29(24(3)4)17-14-18-30(33)25(5)6)23-37(35)34-31(26(7)8)19-15-20-32(34)27(9)10;/h14-15,17-20,23-27H,12-13,16,21-22H2,1-11H3;1H/q+1;/p-1. The number of halogens is 1. The maximum Gasteiger partial charge on any atom is 0.333 e. The van der Waals surface area contributed by atoms with Gasteiger partial charge in [-0.1, -0.05) is 91.8 Å². The largest absolute Gasteiger partial charge is 1.00 e. The number of rotatable bonds is 15. The molecule has 6 nitrogen and oxygen atoms in total. The molecule has 1 heterocycles. The van der Waals surface area contributed by atoms with Gasteiger partial charge in [0.15, 0.2) is 5.69 Å². The van der Waals surface area contributed by atoms with Crippen LogP contribution < -0.4 is 33.3 Å². The summed E-state index contributed by atoms with van der Waals surface area (Å²) in [5, 5.41) is 0. The van der Waals surface area contributed by atoms with Crippen LogP contribution in [0.2, 0.25) is 0 Å². The second kappa shape index (κ2) is 16.6. The number of ether oxygens (including phenoxy) is 1. The molecular formula is C35H54IN2O4P. The number of benzene rings is 2. The van der Waals surface area contributed by atoms with Gasteiger partial charge in [0.1, 0.15) is 11.4 Å². The van der Waals surface area contributed by atoms with Crippen LogP contribution >= 0.6 is 7.60 Å². The van der Waals surface area contributed by atoms with E-state index in [-0.39, 0.29) is 24.0 Å². The minimum Gasteiger partial charge on any atom is -1.00 e. The lowest BCUT2D eigenvalue weighted by molar-refractivity contribution is -0.603. The molecule has 0 saturated carbocycles. The summed E-state index contributed by atoms with van der Waals surface area (Å²) in [6.45, 7) is 25.0. The minimum atomic E-state index is -3.13. The fraction of sp³-hybridized carbons (Fsp3) is 0.571. The lowest BCUT2D eigenvalue weighted by Gasteiger charge is -2.18. The maximum atomic E-state index is 13.1. The molecule has 8 heteroatoms. The Morgan fingerprint density at radius 1 is 0.767 bits per heavy atom. The van der Waals surface area contributed by atoms with E-state index in [9.17, 15) is 4.57 Å². The summed E-state index contributed by atoms with van der Waals surface area (Å²) in [7, 11) is -3.13. The zero-order chi connectivity index (χ0) is 31.2. The molecule has 0 aliphatic rings. The topological polar surface area (TPSA) is 53.6 Å². The van der Waals surface area contributed by atoms with Crippen LogP contribution in [-0.2, 0) is 13.6 Å². The fourth-order valence-electron chi connectivity index (χ4n) is 5.66. The van der Waals surface area contributed by atoms with E-state index in [0.717, 1.165) is 11.6 Å². The van der Waals surface area contributed by atoms with Crippen molar-refractivity contribution in [1.82, 2.24) is 4.57 Å². The van der Waals surface area contributed by atoms with E-state index in [0.29, 0.717) is 56.1 Å². The highest BCUT2D eigenvalue weighted by atomic mass is 127. The summed E-state index contributed by atoms with van der Waals surface area (Å²) in [5.74, 6) is 2.19. The molecule has 0 N–H and O–H groups in total. The fourth-order valence-corrected chi connectivity index (χ4v) is 7.29. The van der Waals surface area contributed by atoms with Crippen molar-refractivity contribution < 1.29 is 46.9 Å². The highest BCUT2D eigenvalue weighted by molar-refractivity contribution is 7.53. The second-order valence-electron chi connectivity index (χ2n) is 12.3. The average Bonchev–Trinajstić information content (AvgIpc) is 3.25. The molecule has 1 aromatic heterocycles. The molecule has 3 aromatic rings. The molecule has 0 spiro atoms. The summed E-state index contributed by atoms with van der Waals surface area (Å²) >= 11 is 0. The van der Waals surface area contributed by atoms with E-state index in [4.69, 9.17) is 13.8 Å². The van der Waals surface area contributed by atoms with Gasteiger partial charge in [-0.2, -0.15) is 9.13 Å². The lowest BCUT2D eigenvalue weighted by atomic mass is 9.92. The van der Waals surface area contributed by atoms with Gasteiger partial charge in [0, 0.05) is 29.2 Å². The Morgan fingerprint density at radius 2 is 1.21 bits per heavy atom. The number of hydrogen-bond acceptors (Lipinski definition) is 4. The molecule has 2 aromatic carbocycles. The van der Waals surface area contributed by atoms with Gasteiger partial charge in [-0.05, 0) is 43.9 Å². The summed E-state index contributed by atoms with van der Waals surface area (Å²) in [6.07, 6.45) is 3.10. The van der Waals surface area contributed by atoms with E-state index in [1.807, 2.05) is 13.8 Å². The third kappa shape index (κ3) is 8.74. The van der Waals surface area contributed by atoms with Crippen LogP contribution in [0.5, 0.6) is 5.88 Å². The molecule has 0 unspecified atom stereocenters. The Hall–Kier alpha value is -1.67. The molecule has 0 bridgehead atoms. The van der Waals surface area contributed by atoms with Crippen molar-refractivity contribution in [3.8, 4) is 17.3 Å². The van der Waals surface area contributed by atoms with Crippen molar-refractivity contribution >= 4 is 7.60 Å². The van der Waals surface area contributed by atoms with E-state index in [1.54, 1.807) is 0 Å². The number of para-hydroxylation sites is 2. The Morgan fingerprint density at radius 3 is 1.63 bits per heavy atom. The van der Waals surface area contributed by atoms with Crippen molar-refractivity contribution in [2.24, 2.45) is 0 Å². The van der Waals surface area contributed by atoms with Crippen molar-refractivity contribution in [3.05, 3.63) is 70.7 Å². The SMILES string of the molecule is CCOP(=O)(CCCOc1c(C)n(-c2c(C(C)C)cccc2C(C)C)c[n+]1-c1c(C(C)C)cccc1C(C)C)OCC.[I-]. The maximum absolute atomic E-state index is 13.1. The first-order chi connectivity index (χ1) is 19.9. The quantitative estimate of drug-likeness (QED) is 0.0769. The Bertz CT molecular complexity index is 1320. The summed E-state index contributed by atoms with van der Waals surface area (Å²) in [6, 6.07) is 13.3. The van der Waals surface area contributed by atoms with Gasteiger partial charge < -0.3 is 37.8 Å². The first kappa shape index (κ1) is 37.5. The van der Waals surface area contributed by atoms with Gasteiger partial charge in [0.25, 0.3) is 6.33 Å². The number of imidazole rings is 1. The molecule has 43 heavy (non-hydrogen) atoms. The van der Waals surface area contributed by atoms with Gasteiger partial charge >= 0.3 is 13.5 Å². The van der Waals surface area contributed by atoms with Crippen molar-refractivity contribution in [1.29, 1.82) is 0 Å². The summed E-state index contributed by atoms with van der Waals surface area (Å²) in [4.78, 5) is 0. The zero-order valence-electron chi connectivity index (χ0n) is 28.2. The van der Waals surface area contributed by atoms with Crippen LogP contribution in [-0.4, -0.2) is 30.5 Å². The molecule has 240 valence electrons. The molecule has 3 rings (SSSR count). The number of hydrogen-bond donors (Lipinski definition) is 0. The average molecular weight is 725 g/mol. The van der Waals surface area contributed by atoms with Crippen LogP contribution in [0.1, 0.15) is 127 Å². The van der Waals surface area contributed by atoms with Crippen LogP contribution in [0.3, 0.4) is 0 Å². The smallest absolute Gasteiger partial charge is 0.333 e. The molecule has 0 fully saturated rings. The summed E-state index contributed by atoms with van der Waals surface area (Å²) < 4.78 is 35.4. The second-order valence-corrected chi connectivity index (χ2v) is 14.5. The minimum absolute atomic E-state index is 0. The van der Waals surface area contributed by atoms with Crippen molar-refractivity contribution in [3.63, 3.8) is 0 Å². The molecular weight excluding hydrogens is 670 g/mol. The van der Waals surface area contributed by atoms with E-state index >= 15 is 0 Å². The molecule has 0 atom stereocenters. The summed E-state index contributed by atoms with van der Waals surface area (Å²) in [5.41, 5.74) is 8.65. The number of aromatic nitrogens is 2. The van der Waals surface area contributed by atoms with Gasteiger partial charge in [-0.25, -0.2) is 0 Å². The molecule has 0 aliphatic heterocycles. The Labute approximate surface area is 278 Å². The van der Waals surface area contributed by atoms with Crippen LogP contribution in [0.25, 0.3) is 11.4 Å². The van der Waals surface area contributed by atoms with E-state index in [2.05, 4.69) is 114 Å². The third-order valence-corrected chi connectivity index (χ3v) is 9.92. The Kier molecular flexibility index (Phi) is 14.5. The molecule has 0 aliphatic carbocycles. The van der Waals surface area contributed by atoms with Crippen LogP contribution in [0.4, 0.5) is 0 Å². The van der Waals surface area contributed by atoms with Gasteiger partial charge in [0.05, 0.1) is 26.0 Å². The van der Waals surface area contributed by atoms with E-state index in [1.165, 1.54) is 33.6 Å².